The second-order valence-electron chi connectivity index (χ2n) is 6.02. The summed E-state index contributed by atoms with van der Waals surface area (Å²) in [6.45, 7) is 2.11. The molecule has 1 spiro atoms. The summed E-state index contributed by atoms with van der Waals surface area (Å²) in [5.41, 5.74) is 0.792. The number of benzene rings is 1. The molecule has 0 radical (unpaired) electrons. The van der Waals surface area contributed by atoms with Crippen LogP contribution in [0.15, 0.2) is 30.3 Å². The molecule has 2 aliphatic rings. The largest absolute Gasteiger partial charge is 0.481 e. The summed E-state index contributed by atoms with van der Waals surface area (Å²) in [4.78, 5) is 25.3. The Balaban J connectivity index is 1.53. The van der Waals surface area contributed by atoms with Gasteiger partial charge in [0.25, 0.3) is 0 Å². The van der Waals surface area contributed by atoms with Crippen LogP contribution in [0.1, 0.15) is 29.6 Å². The molecular weight excluding hydrogens is 254 g/mol. The minimum atomic E-state index is -0.654. The molecule has 1 aliphatic carbocycles. The van der Waals surface area contributed by atoms with Gasteiger partial charge in [0.15, 0.2) is 5.78 Å². The second-order valence-corrected chi connectivity index (χ2v) is 6.02. The fourth-order valence-electron chi connectivity index (χ4n) is 3.32. The number of piperidine rings is 1. The highest BCUT2D eigenvalue weighted by molar-refractivity contribution is 5.97. The number of Topliss-reactive ketones (excluding diaryl/α,β-unsaturated/α-hetero) is 1. The number of hydrogen-bond donors (Lipinski definition) is 1. The zero-order valence-electron chi connectivity index (χ0n) is 11.4. The number of likely N-dealkylation sites (tertiary alicyclic amines) is 1. The maximum absolute atomic E-state index is 12.1. The Hall–Kier alpha value is -1.68. The van der Waals surface area contributed by atoms with Crippen molar-refractivity contribution in [1.82, 2.24) is 4.90 Å². The smallest absolute Gasteiger partial charge is 0.307 e. The SMILES string of the molecule is O=C(CN1CCC2(CC1)C[C@@H]2C(=O)O)c1ccccc1. The van der Waals surface area contributed by atoms with Gasteiger partial charge in [0.1, 0.15) is 0 Å². The number of ketones is 1. The Bertz CT molecular complexity index is 518. The maximum atomic E-state index is 12.1. The number of nitrogens with zero attached hydrogens (tertiary/aromatic N) is 1. The van der Waals surface area contributed by atoms with Gasteiger partial charge in [-0.15, -0.1) is 0 Å². The summed E-state index contributed by atoms with van der Waals surface area (Å²) < 4.78 is 0. The zero-order valence-corrected chi connectivity index (χ0v) is 11.4. The van der Waals surface area contributed by atoms with Crippen molar-refractivity contribution in [3.8, 4) is 0 Å². The normalized spacial score (nSPS) is 24.5. The molecule has 106 valence electrons. The van der Waals surface area contributed by atoms with Crippen molar-refractivity contribution < 1.29 is 14.7 Å². The number of rotatable bonds is 4. The first-order valence-corrected chi connectivity index (χ1v) is 7.14. The summed E-state index contributed by atoms with van der Waals surface area (Å²) in [7, 11) is 0. The van der Waals surface area contributed by atoms with Crippen molar-refractivity contribution in [2.75, 3.05) is 19.6 Å². The standard InChI is InChI=1S/C16H19NO3/c18-14(12-4-2-1-3-5-12)11-17-8-6-16(7-9-17)10-13(16)15(19)20/h1-5,13H,6-11H2,(H,19,20)/t13-/m1/s1. The molecule has 4 nitrogen and oxygen atoms in total. The fraction of sp³-hybridized carbons (Fsp3) is 0.500. The number of aliphatic carboxylic acids is 1. The van der Waals surface area contributed by atoms with E-state index < -0.39 is 5.97 Å². The van der Waals surface area contributed by atoms with Gasteiger partial charge in [-0.25, -0.2) is 0 Å². The number of carbonyl (C=O) groups excluding carboxylic acids is 1. The lowest BCUT2D eigenvalue weighted by atomic mass is 9.90. The van der Waals surface area contributed by atoms with E-state index in [1.54, 1.807) is 0 Å². The van der Waals surface area contributed by atoms with Crippen molar-refractivity contribution >= 4 is 11.8 Å². The van der Waals surface area contributed by atoms with E-state index in [0.29, 0.717) is 6.54 Å². The van der Waals surface area contributed by atoms with Crippen LogP contribution in [-0.4, -0.2) is 41.4 Å². The Morgan fingerprint density at radius 3 is 2.40 bits per heavy atom. The van der Waals surface area contributed by atoms with Gasteiger partial charge < -0.3 is 5.11 Å². The van der Waals surface area contributed by atoms with Gasteiger partial charge in [0, 0.05) is 5.56 Å². The highest BCUT2D eigenvalue weighted by Crippen LogP contribution is 2.59. The van der Waals surface area contributed by atoms with Gasteiger partial charge in [-0.1, -0.05) is 30.3 Å². The predicted molar refractivity (Wildman–Crippen MR) is 74.6 cm³/mol. The van der Waals surface area contributed by atoms with E-state index in [2.05, 4.69) is 4.90 Å². The molecule has 0 unspecified atom stereocenters. The molecule has 20 heavy (non-hydrogen) atoms. The van der Waals surface area contributed by atoms with Gasteiger partial charge in [0.2, 0.25) is 0 Å². The number of carbonyl (C=O) groups is 2. The molecule has 2 fully saturated rings. The molecule has 1 saturated heterocycles. The van der Waals surface area contributed by atoms with Gasteiger partial charge in [-0.05, 0) is 37.8 Å². The molecule has 1 aromatic carbocycles. The summed E-state index contributed by atoms with van der Waals surface area (Å²) >= 11 is 0. The molecule has 0 aromatic heterocycles. The molecule has 1 saturated carbocycles. The molecule has 3 rings (SSSR count). The maximum Gasteiger partial charge on any atom is 0.307 e. The van der Waals surface area contributed by atoms with E-state index in [1.165, 1.54) is 0 Å². The Morgan fingerprint density at radius 1 is 1.20 bits per heavy atom. The highest BCUT2D eigenvalue weighted by atomic mass is 16.4. The third kappa shape index (κ3) is 2.48. The molecule has 0 bridgehead atoms. The summed E-state index contributed by atoms with van der Waals surface area (Å²) in [5, 5.41) is 9.06. The summed E-state index contributed by atoms with van der Waals surface area (Å²) in [6.07, 6.45) is 2.64. The first kappa shape index (κ1) is 13.3. The number of hydrogen-bond acceptors (Lipinski definition) is 3. The third-order valence-electron chi connectivity index (χ3n) is 4.80. The predicted octanol–water partition coefficient (Wildman–Crippen LogP) is 2.06. The fourth-order valence-corrected chi connectivity index (χ4v) is 3.32. The zero-order chi connectivity index (χ0) is 14.2. The molecule has 1 aliphatic heterocycles. The first-order chi connectivity index (χ1) is 9.61. The van der Waals surface area contributed by atoms with Gasteiger partial charge in [-0.2, -0.15) is 0 Å². The van der Waals surface area contributed by atoms with Crippen molar-refractivity contribution in [3.63, 3.8) is 0 Å². The highest BCUT2D eigenvalue weighted by Gasteiger charge is 2.58. The molecule has 4 heteroatoms. The lowest BCUT2D eigenvalue weighted by molar-refractivity contribution is -0.139. The number of carboxylic acids is 1. The van der Waals surface area contributed by atoms with E-state index >= 15 is 0 Å². The van der Waals surface area contributed by atoms with Gasteiger partial charge in [0.05, 0.1) is 12.5 Å². The quantitative estimate of drug-likeness (QED) is 0.853. The average molecular weight is 273 g/mol. The molecule has 1 aromatic rings. The Labute approximate surface area is 118 Å². The van der Waals surface area contributed by atoms with Gasteiger partial charge >= 0.3 is 5.97 Å². The van der Waals surface area contributed by atoms with Crippen LogP contribution in [0.3, 0.4) is 0 Å². The van der Waals surface area contributed by atoms with Crippen LogP contribution in [0, 0.1) is 11.3 Å². The number of carboxylic acid groups (broad SMARTS) is 1. The van der Waals surface area contributed by atoms with Crippen molar-refractivity contribution in [3.05, 3.63) is 35.9 Å². The van der Waals surface area contributed by atoms with Crippen LogP contribution in [0.5, 0.6) is 0 Å². The molecule has 0 amide bonds. The third-order valence-corrected chi connectivity index (χ3v) is 4.80. The molecule has 1 atom stereocenters. The van der Waals surface area contributed by atoms with Crippen LogP contribution in [0.4, 0.5) is 0 Å². The van der Waals surface area contributed by atoms with E-state index in [1.807, 2.05) is 30.3 Å². The topological polar surface area (TPSA) is 57.6 Å². The minimum Gasteiger partial charge on any atom is -0.481 e. The Morgan fingerprint density at radius 2 is 1.85 bits per heavy atom. The lowest BCUT2D eigenvalue weighted by Crippen LogP contribution is -2.38. The summed E-state index contributed by atoms with van der Waals surface area (Å²) in [5.74, 6) is -0.652. The summed E-state index contributed by atoms with van der Waals surface area (Å²) in [6, 6.07) is 9.34. The minimum absolute atomic E-state index is 0.0398. The second kappa shape index (κ2) is 5.02. The van der Waals surface area contributed by atoms with Crippen LogP contribution in [-0.2, 0) is 4.79 Å². The van der Waals surface area contributed by atoms with Crippen molar-refractivity contribution in [2.24, 2.45) is 11.3 Å². The van der Waals surface area contributed by atoms with E-state index in [0.717, 1.165) is 37.9 Å². The van der Waals surface area contributed by atoms with Crippen LogP contribution >= 0.6 is 0 Å². The molecular formula is C16H19NO3. The lowest BCUT2D eigenvalue weighted by Gasteiger charge is -2.32. The first-order valence-electron chi connectivity index (χ1n) is 7.14. The van der Waals surface area contributed by atoms with Crippen LogP contribution < -0.4 is 0 Å². The van der Waals surface area contributed by atoms with Crippen molar-refractivity contribution in [1.29, 1.82) is 0 Å². The van der Waals surface area contributed by atoms with E-state index in [4.69, 9.17) is 5.11 Å². The van der Waals surface area contributed by atoms with E-state index in [-0.39, 0.29) is 17.1 Å². The Kier molecular flexibility index (Phi) is 3.34. The van der Waals surface area contributed by atoms with Crippen LogP contribution in [0.2, 0.25) is 0 Å². The van der Waals surface area contributed by atoms with E-state index in [9.17, 15) is 9.59 Å². The van der Waals surface area contributed by atoms with Crippen molar-refractivity contribution in [2.45, 2.75) is 19.3 Å². The van der Waals surface area contributed by atoms with Gasteiger partial charge in [-0.3, -0.25) is 14.5 Å². The average Bonchev–Trinajstić information content (AvgIpc) is 3.17. The molecule has 1 N–H and O–H groups in total. The molecule has 1 heterocycles. The van der Waals surface area contributed by atoms with Crippen LogP contribution in [0.25, 0.3) is 0 Å². The monoisotopic (exact) mass is 273 g/mol.